The number of carboxylic acids is 1. The number of hydrogen-bond acceptors (Lipinski definition) is 3. The fraction of sp³-hybridized carbons (Fsp3) is 0.125. The summed E-state index contributed by atoms with van der Waals surface area (Å²) in [4.78, 5) is 23.5. The van der Waals surface area contributed by atoms with Gasteiger partial charge in [-0.2, -0.15) is 0 Å². The predicted octanol–water partition coefficient (Wildman–Crippen LogP) is 2.40. The van der Waals surface area contributed by atoms with E-state index >= 15 is 0 Å². The lowest BCUT2D eigenvalue weighted by molar-refractivity contribution is -0.142. The van der Waals surface area contributed by atoms with Crippen LogP contribution in [-0.4, -0.2) is 39.2 Å². The SMILES string of the molecule is O=C(O)C(CO)N(Cl)C(=O)c1ccccc1-c1ccccc1. The molecule has 2 aromatic carbocycles. The van der Waals surface area contributed by atoms with Gasteiger partial charge in [0.2, 0.25) is 0 Å². The highest BCUT2D eigenvalue weighted by Gasteiger charge is 2.29. The van der Waals surface area contributed by atoms with Crippen LogP contribution in [0.15, 0.2) is 54.6 Å². The summed E-state index contributed by atoms with van der Waals surface area (Å²) in [5.41, 5.74) is 1.72. The number of aliphatic carboxylic acids is 1. The number of carbonyl (C=O) groups excluding carboxylic acids is 1. The zero-order valence-corrected chi connectivity index (χ0v) is 12.3. The third kappa shape index (κ3) is 3.27. The van der Waals surface area contributed by atoms with E-state index in [1.165, 1.54) is 0 Å². The molecule has 0 fully saturated rings. The Morgan fingerprint density at radius 2 is 1.64 bits per heavy atom. The molecular weight excluding hydrogens is 306 g/mol. The molecule has 2 aromatic rings. The van der Waals surface area contributed by atoms with Crippen LogP contribution >= 0.6 is 11.8 Å². The Morgan fingerprint density at radius 3 is 2.23 bits per heavy atom. The minimum absolute atomic E-state index is 0.267. The molecule has 2 rings (SSSR count). The van der Waals surface area contributed by atoms with Crippen molar-refractivity contribution in [1.29, 1.82) is 0 Å². The third-order valence-electron chi connectivity index (χ3n) is 3.17. The summed E-state index contributed by atoms with van der Waals surface area (Å²) < 4.78 is 0.518. The molecule has 0 saturated carbocycles. The van der Waals surface area contributed by atoms with Gasteiger partial charge >= 0.3 is 5.97 Å². The van der Waals surface area contributed by atoms with E-state index in [-0.39, 0.29) is 5.56 Å². The minimum atomic E-state index is -1.50. The molecule has 0 aliphatic rings. The number of hydrogen-bond donors (Lipinski definition) is 2. The zero-order valence-electron chi connectivity index (χ0n) is 11.5. The Balaban J connectivity index is 2.41. The Morgan fingerprint density at radius 1 is 1.05 bits per heavy atom. The molecule has 114 valence electrons. The van der Waals surface area contributed by atoms with Gasteiger partial charge in [-0.1, -0.05) is 48.5 Å². The molecule has 5 nitrogen and oxygen atoms in total. The van der Waals surface area contributed by atoms with Crippen LogP contribution in [0.1, 0.15) is 10.4 Å². The molecule has 1 atom stereocenters. The lowest BCUT2D eigenvalue weighted by Gasteiger charge is -2.21. The predicted molar refractivity (Wildman–Crippen MR) is 82.4 cm³/mol. The summed E-state index contributed by atoms with van der Waals surface area (Å²) in [5, 5.41) is 18.1. The minimum Gasteiger partial charge on any atom is -0.480 e. The van der Waals surface area contributed by atoms with E-state index in [4.69, 9.17) is 22.0 Å². The summed E-state index contributed by atoms with van der Waals surface area (Å²) in [5.74, 6) is -2.05. The topological polar surface area (TPSA) is 77.8 Å². The molecule has 6 heteroatoms. The maximum atomic E-state index is 12.5. The number of aliphatic hydroxyl groups excluding tert-OH is 1. The molecule has 0 radical (unpaired) electrons. The van der Waals surface area contributed by atoms with Crippen molar-refractivity contribution in [2.75, 3.05) is 6.61 Å². The van der Waals surface area contributed by atoms with Gasteiger partial charge in [-0.25, -0.2) is 9.21 Å². The molecule has 0 aliphatic heterocycles. The van der Waals surface area contributed by atoms with Crippen molar-refractivity contribution in [1.82, 2.24) is 4.42 Å². The maximum absolute atomic E-state index is 12.5. The number of halogens is 1. The summed E-state index contributed by atoms with van der Waals surface area (Å²) in [7, 11) is 0. The lowest BCUT2D eigenvalue weighted by atomic mass is 9.99. The van der Waals surface area contributed by atoms with Gasteiger partial charge in [0, 0.05) is 17.3 Å². The van der Waals surface area contributed by atoms with Gasteiger partial charge in [-0.15, -0.1) is 0 Å². The normalized spacial score (nSPS) is 11.7. The number of carboxylic acid groups (broad SMARTS) is 1. The van der Waals surface area contributed by atoms with Gasteiger partial charge in [-0.3, -0.25) is 4.79 Å². The van der Waals surface area contributed by atoms with Crippen molar-refractivity contribution in [2.24, 2.45) is 0 Å². The van der Waals surface area contributed by atoms with Gasteiger partial charge in [-0.05, 0) is 17.2 Å². The Kier molecular flexibility index (Phi) is 5.14. The van der Waals surface area contributed by atoms with Crippen LogP contribution < -0.4 is 0 Å². The van der Waals surface area contributed by atoms with Crippen molar-refractivity contribution in [3.63, 3.8) is 0 Å². The van der Waals surface area contributed by atoms with Gasteiger partial charge in [0.05, 0.1) is 6.61 Å². The number of benzene rings is 2. The molecule has 0 saturated heterocycles. The van der Waals surface area contributed by atoms with E-state index in [9.17, 15) is 9.59 Å². The summed E-state index contributed by atoms with van der Waals surface area (Å²) in [6.45, 7) is -0.766. The first kappa shape index (κ1) is 16.0. The third-order valence-corrected chi connectivity index (χ3v) is 3.56. The summed E-state index contributed by atoms with van der Waals surface area (Å²) in [6, 6.07) is 14.5. The van der Waals surface area contributed by atoms with Gasteiger partial charge in [0.15, 0.2) is 6.04 Å². The van der Waals surface area contributed by atoms with E-state index in [0.29, 0.717) is 9.98 Å². The number of amides is 1. The second-order valence-corrected chi connectivity index (χ2v) is 4.93. The van der Waals surface area contributed by atoms with Gasteiger partial charge < -0.3 is 10.2 Å². The monoisotopic (exact) mass is 319 g/mol. The van der Waals surface area contributed by atoms with Crippen LogP contribution in [0.3, 0.4) is 0 Å². The highest BCUT2D eigenvalue weighted by Crippen LogP contribution is 2.25. The fourth-order valence-corrected chi connectivity index (χ4v) is 2.28. The molecule has 0 spiro atoms. The maximum Gasteiger partial charge on any atom is 0.330 e. The second-order valence-electron chi connectivity index (χ2n) is 4.56. The molecule has 1 amide bonds. The average molecular weight is 320 g/mol. The summed E-state index contributed by atoms with van der Waals surface area (Å²) in [6.07, 6.45) is 0. The van der Waals surface area contributed by atoms with Crippen molar-refractivity contribution in [3.8, 4) is 11.1 Å². The van der Waals surface area contributed by atoms with Crippen LogP contribution in [-0.2, 0) is 4.79 Å². The number of rotatable bonds is 5. The molecule has 22 heavy (non-hydrogen) atoms. The fourth-order valence-electron chi connectivity index (χ4n) is 2.04. The van der Waals surface area contributed by atoms with Crippen LogP contribution in [0.4, 0.5) is 0 Å². The Hall–Kier alpha value is -2.37. The van der Waals surface area contributed by atoms with Crippen molar-refractivity contribution >= 4 is 23.7 Å². The molecule has 0 aliphatic carbocycles. The lowest BCUT2D eigenvalue weighted by Crippen LogP contribution is -2.41. The average Bonchev–Trinajstić information content (AvgIpc) is 2.55. The smallest absolute Gasteiger partial charge is 0.330 e. The molecule has 0 heterocycles. The highest BCUT2D eigenvalue weighted by molar-refractivity contribution is 6.26. The molecule has 1 unspecified atom stereocenters. The van der Waals surface area contributed by atoms with E-state index in [2.05, 4.69) is 0 Å². The Labute approximate surface area is 132 Å². The highest BCUT2D eigenvalue weighted by atomic mass is 35.5. The first-order valence-electron chi connectivity index (χ1n) is 6.53. The quantitative estimate of drug-likeness (QED) is 0.830. The number of carbonyl (C=O) groups is 2. The summed E-state index contributed by atoms with van der Waals surface area (Å²) >= 11 is 5.83. The first-order valence-corrected chi connectivity index (χ1v) is 6.87. The standard InChI is InChI=1S/C16H14ClNO4/c17-18(14(10-19)16(21)22)15(20)13-9-5-4-8-12(13)11-6-2-1-3-7-11/h1-9,14,19H,10H2,(H,21,22). The number of aliphatic hydroxyl groups is 1. The zero-order chi connectivity index (χ0) is 16.1. The van der Waals surface area contributed by atoms with E-state index in [1.807, 2.05) is 30.3 Å². The van der Waals surface area contributed by atoms with E-state index in [1.54, 1.807) is 24.3 Å². The Bertz CT molecular complexity index is 675. The largest absolute Gasteiger partial charge is 0.480 e. The van der Waals surface area contributed by atoms with Crippen LogP contribution in [0.2, 0.25) is 0 Å². The van der Waals surface area contributed by atoms with Gasteiger partial charge in [0.25, 0.3) is 5.91 Å². The molecule has 0 aromatic heterocycles. The first-order chi connectivity index (χ1) is 10.6. The van der Waals surface area contributed by atoms with Crippen molar-refractivity contribution in [3.05, 3.63) is 60.2 Å². The van der Waals surface area contributed by atoms with Crippen LogP contribution in [0.5, 0.6) is 0 Å². The molecular formula is C16H14ClNO4. The van der Waals surface area contributed by atoms with Crippen LogP contribution in [0, 0.1) is 0 Å². The van der Waals surface area contributed by atoms with Crippen molar-refractivity contribution < 1.29 is 19.8 Å². The van der Waals surface area contributed by atoms with Crippen LogP contribution in [0.25, 0.3) is 11.1 Å². The number of nitrogens with zero attached hydrogens (tertiary/aromatic N) is 1. The van der Waals surface area contributed by atoms with Crippen molar-refractivity contribution in [2.45, 2.75) is 6.04 Å². The van der Waals surface area contributed by atoms with E-state index in [0.717, 1.165) is 5.56 Å². The van der Waals surface area contributed by atoms with E-state index < -0.39 is 24.5 Å². The van der Waals surface area contributed by atoms with Gasteiger partial charge in [0.1, 0.15) is 0 Å². The molecule has 0 bridgehead atoms. The second kappa shape index (κ2) is 7.06. The molecule has 2 N–H and O–H groups in total.